The number of carbonyl (C=O) groups excluding carboxylic acids is 3. The van der Waals surface area contributed by atoms with Gasteiger partial charge in [0.1, 0.15) is 0 Å². The highest BCUT2D eigenvalue weighted by Gasteiger charge is 2.24. The lowest BCUT2D eigenvalue weighted by molar-refractivity contribution is -0.163. The molecule has 0 unspecified atom stereocenters. The highest BCUT2D eigenvalue weighted by atomic mass is 16.6. The van der Waals surface area contributed by atoms with E-state index in [0.717, 1.165) is 0 Å². The number of amides is 2. The van der Waals surface area contributed by atoms with Crippen molar-refractivity contribution in [2.45, 2.75) is 19.1 Å². The quantitative estimate of drug-likeness (QED) is 0.558. The van der Waals surface area contributed by atoms with Gasteiger partial charge in [-0.05, 0) is 24.6 Å². The number of hydrogen-bond acceptors (Lipinski definition) is 5. The summed E-state index contributed by atoms with van der Waals surface area (Å²) < 4.78 is 4.91. The number of carbonyl (C=O) groups is 3. The summed E-state index contributed by atoms with van der Waals surface area (Å²) in [6.07, 6.45) is -2.68. The molecule has 7 heteroatoms. The minimum absolute atomic E-state index is 0.359. The van der Waals surface area contributed by atoms with Crippen LogP contribution in [0.2, 0.25) is 0 Å². The van der Waals surface area contributed by atoms with E-state index in [0.29, 0.717) is 11.1 Å². The van der Waals surface area contributed by atoms with E-state index >= 15 is 0 Å². The van der Waals surface area contributed by atoms with E-state index in [4.69, 9.17) is 4.74 Å². The SMILES string of the molecule is C[C@@H](OC(=O)[C@H](O)c1ccccc1)C(=O)NNC(=O)c1ccccc1. The number of benzene rings is 2. The first-order valence-electron chi connectivity index (χ1n) is 7.58. The van der Waals surface area contributed by atoms with Crippen molar-refractivity contribution in [3.05, 3.63) is 71.8 Å². The van der Waals surface area contributed by atoms with Crippen molar-refractivity contribution in [3.8, 4) is 0 Å². The molecule has 7 nitrogen and oxygen atoms in total. The van der Waals surface area contributed by atoms with E-state index in [-0.39, 0.29) is 0 Å². The standard InChI is InChI=1S/C18H18N2O5/c1-12(25-18(24)15(21)13-8-4-2-5-9-13)16(22)19-20-17(23)14-10-6-3-7-11-14/h2-12,15,21H,1H3,(H,19,22)(H,20,23)/t12-,15-/m1/s1. The molecule has 0 heterocycles. The normalized spacial score (nSPS) is 12.6. The monoisotopic (exact) mass is 342 g/mol. The van der Waals surface area contributed by atoms with Crippen molar-refractivity contribution >= 4 is 17.8 Å². The summed E-state index contributed by atoms with van der Waals surface area (Å²) in [6.45, 7) is 1.33. The fourth-order valence-electron chi connectivity index (χ4n) is 1.95. The second-order valence-corrected chi connectivity index (χ2v) is 5.20. The van der Waals surface area contributed by atoms with Gasteiger partial charge < -0.3 is 9.84 Å². The number of esters is 1. The Kier molecular flexibility index (Phi) is 6.25. The molecule has 2 aromatic rings. The number of aliphatic hydroxyl groups excluding tert-OH is 1. The molecule has 0 saturated carbocycles. The van der Waals surface area contributed by atoms with Gasteiger partial charge in [-0.1, -0.05) is 48.5 Å². The topological polar surface area (TPSA) is 105 Å². The highest BCUT2D eigenvalue weighted by molar-refractivity contribution is 5.95. The van der Waals surface area contributed by atoms with Gasteiger partial charge in [0.15, 0.2) is 12.2 Å². The van der Waals surface area contributed by atoms with Gasteiger partial charge in [0.25, 0.3) is 11.8 Å². The van der Waals surface area contributed by atoms with E-state index in [1.165, 1.54) is 6.92 Å². The molecule has 0 saturated heterocycles. The molecule has 0 aliphatic carbocycles. The fourth-order valence-corrected chi connectivity index (χ4v) is 1.95. The van der Waals surface area contributed by atoms with Crippen LogP contribution in [0.4, 0.5) is 0 Å². The summed E-state index contributed by atoms with van der Waals surface area (Å²) >= 11 is 0. The maximum atomic E-state index is 11.9. The van der Waals surface area contributed by atoms with Gasteiger partial charge in [0.2, 0.25) is 0 Å². The van der Waals surface area contributed by atoms with E-state index in [9.17, 15) is 19.5 Å². The summed E-state index contributed by atoms with van der Waals surface area (Å²) in [6, 6.07) is 16.5. The van der Waals surface area contributed by atoms with Crippen molar-refractivity contribution in [2.24, 2.45) is 0 Å². The zero-order valence-electron chi connectivity index (χ0n) is 13.5. The van der Waals surface area contributed by atoms with Crippen LogP contribution in [0, 0.1) is 0 Å². The molecule has 0 aliphatic heterocycles. The molecule has 0 radical (unpaired) electrons. The molecule has 2 atom stereocenters. The van der Waals surface area contributed by atoms with Crippen LogP contribution in [0.25, 0.3) is 0 Å². The molecular formula is C18H18N2O5. The van der Waals surface area contributed by atoms with Gasteiger partial charge in [-0.3, -0.25) is 20.4 Å². The minimum atomic E-state index is -1.49. The van der Waals surface area contributed by atoms with Gasteiger partial charge in [0.05, 0.1) is 0 Å². The molecule has 130 valence electrons. The van der Waals surface area contributed by atoms with Crippen LogP contribution in [0.15, 0.2) is 60.7 Å². The van der Waals surface area contributed by atoms with Gasteiger partial charge in [-0.25, -0.2) is 4.79 Å². The minimum Gasteiger partial charge on any atom is -0.450 e. The van der Waals surface area contributed by atoms with Gasteiger partial charge in [0, 0.05) is 5.56 Å². The Morgan fingerprint density at radius 2 is 1.48 bits per heavy atom. The predicted octanol–water partition coefficient (Wildman–Crippen LogP) is 1.11. The number of hydrazine groups is 1. The molecule has 2 amide bonds. The Morgan fingerprint density at radius 3 is 2.08 bits per heavy atom. The lowest BCUT2D eigenvalue weighted by atomic mass is 10.1. The molecule has 2 rings (SSSR count). The zero-order chi connectivity index (χ0) is 18.2. The van der Waals surface area contributed by atoms with Gasteiger partial charge >= 0.3 is 5.97 Å². The van der Waals surface area contributed by atoms with Crippen LogP contribution >= 0.6 is 0 Å². The smallest absolute Gasteiger partial charge is 0.340 e. The molecule has 0 aliphatic rings. The second kappa shape index (κ2) is 8.60. The summed E-state index contributed by atoms with van der Waals surface area (Å²) in [5.41, 5.74) is 5.12. The Labute approximate surface area is 144 Å². The lowest BCUT2D eigenvalue weighted by Crippen LogP contribution is -2.47. The average molecular weight is 342 g/mol. The molecule has 2 aromatic carbocycles. The van der Waals surface area contributed by atoms with Crippen molar-refractivity contribution in [1.29, 1.82) is 0 Å². The van der Waals surface area contributed by atoms with E-state index < -0.39 is 30.0 Å². The molecule has 0 spiro atoms. The van der Waals surface area contributed by atoms with Gasteiger partial charge in [-0.15, -0.1) is 0 Å². The first-order chi connectivity index (χ1) is 12.0. The van der Waals surface area contributed by atoms with E-state index in [1.54, 1.807) is 60.7 Å². The first-order valence-corrected chi connectivity index (χ1v) is 7.58. The van der Waals surface area contributed by atoms with E-state index in [1.807, 2.05) is 0 Å². The lowest BCUT2D eigenvalue weighted by Gasteiger charge is -2.16. The Balaban J connectivity index is 1.83. The van der Waals surface area contributed by atoms with Crippen LogP contribution in [0.1, 0.15) is 28.9 Å². The number of aliphatic hydroxyl groups is 1. The average Bonchev–Trinajstić information content (AvgIpc) is 2.66. The van der Waals surface area contributed by atoms with Crippen LogP contribution < -0.4 is 10.9 Å². The number of ether oxygens (including phenoxy) is 1. The highest BCUT2D eigenvalue weighted by Crippen LogP contribution is 2.14. The van der Waals surface area contributed by atoms with Gasteiger partial charge in [-0.2, -0.15) is 0 Å². The predicted molar refractivity (Wildman–Crippen MR) is 89.0 cm³/mol. The molecule has 0 aromatic heterocycles. The summed E-state index contributed by atoms with van der Waals surface area (Å²) in [4.78, 5) is 35.6. The third-order valence-corrected chi connectivity index (χ3v) is 3.34. The van der Waals surface area contributed by atoms with Crippen LogP contribution in [0.5, 0.6) is 0 Å². The number of nitrogens with one attached hydrogen (secondary N) is 2. The molecule has 0 fully saturated rings. The van der Waals surface area contributed by atoms with Crippen LogP contribution in [-0.2, 0) is 14.3 Å². The number of rotatable bonds is 5. The van der Waals surface area contributed by atoms with Crippen molar-refractivity contribution < 1.29 is 24.2 Å². The zero-order valence-corrected chi connectivity index (χ0v) is 13.5. The second-order valence-electron chi connectivity index (χ2n) is 5.20. The Morgan fingerprint density at radius 1 is 0.920 bits per heavy atom. The Bertz CT molecular complexity index is 734. The van der Waals surface area contributed by atoms with Crippen LogP contribution in [0.3, 0.4) is 0 Å². The molecule has 0 bridgehead atoms. The number of hydrogen-bond donors (Lipinski definition) is 3. The molecule has 25 heavy (non-hydrogen) atoms. The third kappa shape index (κ3) is 5.15. The largest absolute Gasteiger partial charge is 0.450 e. The fraction of sp³-hybridized carbons (Fsp3) is 0.167. The summed E-state index contributed by atoms with van der Waals surface area (Å²) in [5.74, 6) is -2.18. The van der Waals surface area contributed by atoms with Crippen molar-refractivity contribution in [1.82, 2.24) is 10.9 Å². The maximum Gasteiger partial charge on any atom is 0.340 e. The maximum absolute atomic E-state index is 11.9. The summed E-state index contributed by atoms with van der Waals surface area (Å²) in [7, 11) is 0. The third-order valence-electron chi connectivity index (χ3n) is 3.34. The Hall–Kier alpha value is -3.19. The van der Waals surface area contributed by atoms with E-state index in [2.05, 4.69) is 10.9 Å². The molecular weight excluding hydrogens is 324 g/mol. The first kappa shape index (κ1) is 18.2. The van der Waals surface area contributed by atoms with Crippen LogP contribution in [-0.4, -0.2) is 29.0 Å². The molecule has 3 N–H and O–H groups in total. The summed E-state index contributed by atoms with van der Waals surface area (Å²) in [5, 5.41) is 9.91. The van der Waals surface area contributed by atoms with Crippen molar-refractivity contribution in [2.75, 3.05) is 0 Å². The van der Waals surface area contributed by atoms with Crippen molar-refractivity contribution in [3.63, 3.8) is 0 Å².